The van der Waals surface area contributed by atoms with Gasteiger partial charge in [0.25, 0.3) is 5.76 Å². The molecule has 5 nitrogen and oxygen atoms in total. The van der Waals surface area contributed by atoms with Gasteiger partial charge in [-0.05, 0) is 36.2 Å². The lowest BCUT2D eigenvalue weighted by molar-refractivity contribution is -0.907. The summed E-state index contributed by atoms with van der Waals surface area (Å²) in [7, 11) is 1.84. The Hall–Kier alpha value is -3.78. The first-order chi connectivity index (χ1) is 16.7. The molecule has 1 heterocycles. The van der Waals surface area contributed by atoms with E-state index in [9.17, 15) is 23.1 Å². The molecule has 182 valence electrons. The van der Waals surface area contributed by atoms with E-state index in [2.05, 4.69) is 0 Å². The van der Waals surface area contributed by atoms with E-state index in [0.717, 1.165) is 22.4 Å². The Bertz CT molecular complexity index is 1380. The molecular formula is C27H25F3NO4+. The number of halogens is 3. The quantitative estimate of drug-likeness (QED) is 0.384. The summed E-state index contributed by atoms with van der Waals surface area (Å²) in [6, 6.07) is 18.5. The zero-order valence-electron chi connectivity index (χ0n) is 19.3. The van der Waals surface area contributed by atoms with Crippen molar-refractivity contribution in [3.8, 4) is 17.2 Å². The van der Waals surface area contributed by atoms with Crippen LogP contribution in [-0.2, 0) is 25.7 Å². The van der Waals surface area contributed by atoms with Crippen LogP contribution in [0.3, 0.4) is 0 Å². The van der Waals surface area contributed by atoms with Crippen molar-refractivity contribution in [2.45, 2.75) is 32.6 Å². The first-order valence-corrected chi connectivity index (χ1v) is 11.2. The number of phenolic OH excluding ortho intramolecular Hbond substituents is 1. The lowest BCUT2D eigenvalue weighted by atomic mass is 10.1. The molecule has 0 saturated carbocycles. The van der Waals surface area contributed by atoms with Crippen LogP contribution < -0.4 is 15.1 Å². The maximum absolute atomic E-state index is 14.0. The minimum absolute atomic E-state index is 0.0883. The Labute approximate surface area is 200 Å². The summed E-state index contributed by atoms with van der Waals surface area (Å²) in [5.41, 5.74) is 0.856. The second-order valence-electron chi connectivity index (χ2n) is 8.42. The second-order valence-corrected chi connectivity index (χ2v) is 8.42. The molecule has 1 unspecified atom stereocenters. The van der Waals surface area contributed by atoms with E-state index >= 15 is 0 Å². The summed E-state index contributed by atoms with van der Waals surface area (Å²) in [6.07, 6.45) is -4.24. The number of benzene rings is 3. The molecule has 0 radical (unpaired) electrons. The van der Waals surface area contributed by atoms with Crippen LogP contribution in [0.25, 0.3) is 11.0 Å². The van der Waals surface area contributed by atoms with Crippen molar-refractivity contribution < 1.29 is 32.3 Å². The highest BCUT2D eigenvalue weighted by Gasteiger charge is 2.41. The number of quaternary nitrogens is 1. The summed E-state index contributed by atoms with van der Waals surface area (Å²) in [5, 5.41) is 10.4. The second kappa shape index (κ2) is 9.84. The van der Waals surface area contributed by atoms with Gasteiger partial charge < -0.3 is 19.2 Å². The third-order valence-electron chi connectivity index (χ3n) is 5.73. The van der Waals surface area contributed by atoms with Gasteiger partial charge >= 0.3 is 6.18 Å². The van der Waals surface area contributed by atoms with Crippen molar-refractivity contribution in [2.24, 2.45) is 0 Å². The van der Waals surface area contributed by atoms with Crippen LogP contribution in [0.2, 0.25) is 0 Å². The van der Waals surface area contributed by atoms with Gasteiger partial charge in [-0.2, -0.15) is 13.2 Å². The van der Waals surface area contributed by atoms with E-state index in [0.29, 0.717) is 6.54 Å². The lowest BCUT2D eigenvalue weighted by Gasteiger charge is -2.18. The highest BCUT2D eigenvalue weighted by Crippen LogP contribution is 2.39. The van der Waals surface area contributed by atoms with Crippen molar-refractivity contribution in [3.05, 3.63) is 99.4 Å². The number of aromatic hydroxyl groups is 1. The van der Waals surface area contributed by atoms with Crippen LogP contribution in [0.5, 0.6) is 17.2 Å². The third-order valence-corrected chi connectivity index (χ3v) is 5.73. The standard InChI is InChI=1S/C27H24F3NO4/c1-3-17-9-11-19(12-10-17)34-25-23(33)20-13-14-22(32)21(24(20)35-26(25)27(28,29)30)16-31(2)15-18-7-5-4-6-8-18/h4-14,32H,3,15-16H2,1-2H3/p+1. The molecular weight excluding hydrogens is 459 g/mol. The van der Waals surface area contributed by atoms with Crippen LogP contribution in [0, 0.1) is 0 Å². The minimum atomic E-state index is -4.99. The van der Waals surface area contributed by atoms with Crippen molar-refractivity contribution in [2.75, 3.05) is 7.05 Å². The van der Waals surface area contributed by atoms with Crippen molar-refractivity contribution >= 4 is 11.0 Å². The maximum Gasteiger partial charge on any atom is 0.453 e. The van der Waals surface area contributed by atoms with Crippen LogP contribution in [0.4, 0.5) is 13.2 Å². The number of nitrogens with one attached hydrogen (secondary N) is 1. The smallest absolute Gasteiger partial charge is 0.453 e. The van der Waals surface area contributed by atoms with E-state index in [1.807, 2.05) is 44.3 Å². The molecule has 0 spiro atoms. The fourth-order valence-corrected chi connectivity index (χ4v) is 3.96. The normalized spacial score (nSPS) is 12.6. The Balaban J connectivity index is 1.79. The van der Waals surface area contributed by atoms with Gasteiger partial charge in [0.15, 0.2) is 5.58 Å². The predicted molar refractivity (Wildman–Crippen MR) is 126 cm³/mol. The molecule has 0 bridgehead atoms. The largest absolute Gasteiger partial charge is 0.507 e. The Kier molecular flexibility index (Phi) is 6.84. The lowest BCUT2D eigenvalue weighted by Crippen LogP contribution is -3.06. The van der Waals surface area contributed by atoms with Gasteiger partial charge in [0.1, 0.15) is 24.6 Å². The number of aryl methyl sites for hydroxylation is 1. The minimum Gasteiger partial charge on any atom is -0.507 e. The van der Waals surface area contributed by atoms with Crippen molar-refractivity contribution in [1.82, 2.24) is 0 Å². The summed E-state index contributed by atoms with van der Waals surface area (Å²) >= 11 is 0. The fourth-order valence-electron chi connectivity index (χ4n) is 3.96. The summed E-state index contributed by atoms with van der Waals surface area (Å²) < 4.78 is 52.6. The number of fused-ring (bicyclic) bond motifs is 1. The monoisotopic (exact) mass is 484 g/mol. The number of hydrogen-bond acceptors (Lipinski definition) is 4. The first kappa shape index (κ1) is 24.3. The number of ether oxygens (including phenoxy) is 1. The molecule has 4 rings (SSSR count). The molecule has 1 aromatic heterocycles. The van der Waals surface area contributed by atoms with Crippen molar-refractivity contribution in [3.63, 3.8) is 0 Å². The SMILES string of the molecule is CCc1ccc(Oc2c(C(F)(F)F)oc3c(C[NH+](C)Cc4ccccc4)c(O)ccc3c2=O)cc1. The molecule has 0 aliphatic rings. The average Bonchev–Trinajstić information content (AvgIpc) is 2.83. The highest BCUT2D eigenvalue weighted by molar-refractivity contribution is 5.83. The molecule has 1 atom stereocenters. The van der Waals surface area contributed by atoms with Crippen molar-refractivity contribution in [1.29, 1.82) is 0 Å². The molecule has 0 fully saturated rings. The van der Waals surface area contributed by atoms with Crippen LogP contribution in [-0.4, -0.2) is 12.2 Å². The zero-order chi connectivity index (χ0) is 25.2. The van der Waals surface area contributed by atoms with Crippen LogP contribution in [0.15, 0.2) is 75.9 Å². The van der Waals surface area contributed by atoms with E-state index in [4.69, 9.17) is 9.15 Å². The fraction of sp³-hybridized carbons (Fsp3) is 0.222. The number of rotatable bonds is 7. The molecule has 0 aliphatic carbocycles. The maximum atomic E-state index is 14.0. The number of hydrogen-bond donors (Lipinski definition) is 2. The molecule has 0 amide bonds. The Morgan fingerprint density at radius 2 is 1.63 bits per heavy atom. The van der Waals surface area contributed by atoms with E-state index in [1.54, 1.807) is 12.1 Å². The van der Waals surface area contributed by atoms with Gasteiger partial charge in [-0.3, -0.25) is 4.79 Å². The van der Waals surface area contributed by atoms with Gasteiger partial charge in [0.05, 0.1) is 18.0 Å². The van der Waals surface area contributed by atoms with E-state index < -0.39 is 23.1 Å². The van der Waals surface area contributed by atoms with E-state index in [-0.39, 0.29) is 34.6 Å². The number of phenols is 1. The third kappa shape index (κ3) is 5.33. The van der Waals surface area contributed by atoms with Crippen LogP contribution in [0.1, 0.15) is 29.4 Å². The van der Waals surface area contributed by atoms with Gasteiger partial charge in [-0.1, -0.05) is 49.4 Å². The van der Waals surface area contributed by atoms with Gasteiger partial charge in [0, 0.05) is 5.56 Å². The van der Waals surface area contributed by atoms with Gasteiger partial charge in [-0.15, -0.1) is 0 Å². The first-order valence-electron chi connectivity index (χ1n) is 11.2. The molecule has 3 aromatic carbocycles. The molecule has 35 heavy (non-hydrogen) atoms. The molecule has 8 heteroatoms. The average molecular weight is 484 g/mol. The molecule has 2 N–H and O–H groups in total. The summed E-state index contributed by atoms with van der Waals surface area (Å²) in [5.74, 6) is -2.63. The summed E-state index contributed by atoms with van der Waals surface area (Å²) in [6.45, 7) is 2.64. The summed E-state index contributed by atoms with van der Waals surface area (Å²) in [4.78, 5) is 14.1. The zero-order valence-corrected chi connectivity index (χ0v) is 19.3. The Morgan fingerprint density at radius 1 is 0.943 bits per heavy atom. The molecule has 0 aliphatic heterocycles. The molecule has 0 saturated heterocycles. The van der Waals surface area contributed by atoms with Gasteiger partial charge in [0.2, 0.25) is 11.2 Å². The van der Waals surface area contributed by atoms with Gasteiger partial charge in [-0.25, -0.2) is 0 Å². The highest BCUT2D eigenvalue weighted by atomic mass is 19.4. The Morgan fingerprint density at radius 3 is 2.26 bits per heavy atom. The predicted octanol–water partition coefficient (Wildman–Crippen LogP) is 5.09. The molecule has 4 aromatic rings. The number of alkyl halides is 3. The van der Waals surface area contributed by atoms with E-state index in [1.165, 1.54) is 24.3 Å². The topological polar surface area (TPSA) is 64.1 Å². The van der Waals surface area contributed by atoms with Crippen LogP contribution >= 0.6 is 0 Å².